The third kappa shape index (κ3) is 2.62. The predicted molar refractivity (Wildman–Crippen MR) is 95.2 cm³/mol. The molecule has 0 saturated heterocycles. The largest absolute Gasteiger partial charge is 0.440 e. The van der Waals surface area contributed by atoms with Crippen LogP contribution < -0.4 is 11.5 Å². The Labute approximate surface area is 154 Å². The number of amides is 1. The number of benzene rings is 1. The van der Waals surface area contributed by atoms with E-state index in [0.29, 0.717) is 17.7 Å². The van der Waals surface area contributed by atoms with E-state index in [-0.39, 0.29) is 23.6 Å². The van der Waals surface area contributed by atoms with Crippen molar-refractivity contribution >= 4 is 17.8 Å². The summed E-state index contributed by atoms with van der Waals surface area (Å²) in [5.74, 6) is -1.80. The molecule has 0 saturated carbocycles. The quantitative estimate of drug-likeness (QED) is 0.674. The van der Waals surface area contributed by atoms with E-state index in [1.807, 2.05) is 12.1 Å². The van der Waals surface area contributed by atoms with Crippen LogP contribution in [-0.2, 0) is 21.6 Å². The van der Waals surface area contributed by atoms with Gasteiger partial charge in [0, 0.05) is 18.2 Å². The molecule has 4 rings (SSSR count). The minimum absolute atomic E-state index is 0.0845. The Balaban J connectivity index is 1.75. The van der Waals surface area contributed by atoms with Crippen molar-refractivity contribution in [3.63, 3.8) is 0 Å². The zero-order valence-electron chi connectivity index (χ0n) is 14.2. The zero-order valence-corrected chi connectivity index (χ0v) is 14.2. The van der Waals surface area contributed by atoms with Crippen molar-refractivity contribution in [2.24, 2.45) is 5.73 Å². The summed E-state index contributed by atoms with van der Waals surface area (Å²) in [7, 11) is 0. The van der Waals surface area contributed by atoms with Crippen molar-refractivity contribution in [3.8, 4) is 11.4 Å². The molecule has 4 N–H and O–H groups in total. The molecule has 3 aromatic rings. The smallest absolute Gasteiger partial charge is 0.347 e. The monoisotopic (exact) mass is 364 g/mol. The number of ether oxygens (including phenoxy) is 1. The van der Waals surface area contributed by atoms with Crippen molar-refractivity contribution in [1.29, 1.82) is 0 Å². The second-order valence-electron chi connectivity index (χ2n) is 6.22. The Bertz CT molecular complexity index is 1030. The van der Waals surface area contributed by atoms with Crippen LogP contribution in [0.1, 0.15) is 27.9 Å². The normalized spacial score (nSPS) is 18.1. The third-order valence-corrected chi connectivity index (χ3v) is 4.69. The molecule has 1 amide bonds. The molecule has 2 heterocycles. The number of hydrogen-bond donors (Lipinski definition) is 2. The van der Waals surface area contributed by atoms with Crippen LogP contribution in [0.15, 0.2) is 53.2 Å². The van der Waals surface area contributed by atoms with E-state index in [1.165, 1.54) is 0 Å². The number of nitrogen functional groups attached to an aromatic ring is 1. The number of carbonyl (C=O) groups is 2. The molecule has 1 aliphatic carbocycles. The fourth-order valence-corrected chi connectivity index (χ4v) is 3.38. The summed E-state index contributed by atoms with van der Waals surface area (Å²) in [6, 6.07) is 12.3. The number of fused-ring (bicyclic) bond motifs is 1. The van der Waals surface area contributed by atoms with E-state index in [2.05, 4.69) is 10.1 Å². The van der Waals surface area contributed by atoms with Gasteiger partial charge in [-0.1, -0.05) is 35.5 Å². The third-order valence-electron chi connectivity index (χ3n) is 4.69. The van der Waals surface area contributed by atoms with E-state index < -0.39 is 17.5 Å². The lowest BCUT2D eigenvalue weighted by molar-refractivity contribution is -0.138. The first-order valence-electron chi connectivity index (χ1n) is 8.31. The van der Waals surface area contributed by atoms with E-state index in [0.717, 1.165) is 5.56 Å². The molecular formula is C19H16N4O4. The predicted octanol–water partition coefficient (Wildman–Crippen LogP) is 1.80. The summed E-state index contributed by atoms with van der Waals surface area (Å²) in [4.78, 5) is 29.4. The number of aryl methyl sites for hydroxylation is 1. The molecule has 27 heavy (non-hydrogen) atoms. The molecule has 8 nitrogen and oxygen atoms in total. The van der Waals surface area contributed by atoms with E-state index in [9.17, 15) is 9.59 Å². The number of rotatable bonds is 4. The highest BCUT2D eigenvalue weighted by atomic mass is 16.6. The highest BCUT2D eigenvalue weighted by Crippen LogP contribution is 2.41. The Kier molecular flexibility index (Phi) is 3.88. The van der Waals surface area contributed by atoms with E-state index >= 15 is 0 Å². The van der Waals surface area contributed by atoms with Gasteiger partial charge in [0.05, 0.1) is 5.69 Å². The highest BCUT2D eigenvalue weighted by molar-refractivity contribution is 6.02. The van der Waals surface area contributed by atoms with Gasteiger partial charge in [-0.2, -0.15) is 0 Å². The van der Waals surface area contributed by atoms with Crippen LogP contribution in [0, 0.1) is 0 Å². The van der Waals surface area contributed by atoms with Crippen LogP contribution in [0.5, 0.6) is 0 Å². The van der Waals surface area contributed by atoms with Crippen LogP contribution in [0.4, 0.5) is 5.88 Å². The maximum Gasteiger partial charge on any atom is 0.347 e. The summed E-state index contributed by atoms with van der Waals surface area (Å²) in [6.07, 6.45) is 2.38. The summed E-state index contributed by atoms with van der Waals surface area (Å²) in [5.41, 5.74) is 11.8. The zero-order chi connectivity index (χ0) is 19.0. The van der Waals surface area contributed by atoms with Gasteiger partial charge in [0.25, 0.3) is 5.91 Å². The van der Waals surface area contributed by atoms with Gasteiger partial charge in [0.15, 0.2) is 5.56 Å². The molecule has 0 radical (unpaired) electrons. The Morgan fingerprint density at radius 2 is 1.93 bits per heavy atom. The maximum atomic E-state index is 13.0. The standard InChI is InChI=1S/C19H16N4O4/c20-16-14(15(23-27-16)13-7-3-4-10-22-13)17(24)26-19(18(21)25)9-8-11-5-1-2-6-12(11)19/h1-7,10H,8-9,20H2,(H2,21,25). The molecule has 2 aromatic heterocycles. The first kappa shape index (κ1) is 16.8. The first-order chi connectivity index (χ1) is 13.0. The van der Waals surface area contributed by atoms with E-state index in [1.54, 1.807) is 36.5 Å². The van der Waals surface area contributed by atoms with Gasteiger partial charge in [-0.05, 0) is 24.1 Å². The topological polar surface area (TPSA) is 134 Å². The van der Waals surface area contributed by atoms with Crippen molar-refractivity contribution in [1.82, 2.24) is 10.1 Å². The number of anilines is 1. The lowest BCUT2D eigenvalue weighted by atomic mass is 9.94. The van der Waals surface area contributed by atoms with Crippen LogP contribution in [0.2, 0.25) is 0 Å². The Morgan fingerprint density at radius 1 is 1.15 bits per heavy atom. The van der Waals surface area contributed by atoms with Gasteiger partial charge < -0.3 is 20.7 Å². The molecule has 1 aliphatic rings. The Hall–Kier alpha value is -3.68. The number of nitrogens with zero attached hydrogens (tertiary/aromatic N) is 2. The summed E-state index contributed by atoms with van der Waals surface area (Å²) >= 11 is 0. The Morgan fingerprint density at radius 3 is 2.67 bits per heavy atom. The summed E-state index contributed by atoms with van der Waals surface area (Å²) in [6.45, 7) is 0. The minimum Gasteiger partial charge on any atom is -0.440 e. The second-order valence-corrected chi connectivity index (χ2v) is 6.22. The lowest BCUT2D eigenvalue weighted by Crippen LogP contribution is -2.43. The fourth-order valence-electron chi connectivity index (χ4n) is 3.38. The lowest BCUT2D eigenvalue weighted by Gasteiger charge is -2.26. The van der Waals surface area contributed by atoms with Crippen molar-refractivity contribution in [2.75, 3.05) is 5.73 Å². The first-order valence-corrected chi connectivity index (χ1v) is 8.31. The number of aromatic nitrogens is 2. The van der Waals surface area contributed by atoms with Gasteiger partial charge in [-0.3, -0.25) is 9.78 Å². The number of hydrogen-bond acceptors (Lipinski definition) is 7. The molecule has 8 heteroatoms. The molecule has 1 atom stereocenters. The van der Waals surface area contributed by atoms with Crippen LogP contribution in [-0.4, -0.2) is 22.0 Å². The number of pyridine rings is 1. The van der Waals surface area contributed by atoms with Gasteiger partial charge in [0.2, 0.25) is 11.5 Å². The van der Waals surface area contributed by atoms with Gasteiger partial charge in [-0.25, -0.2) is 4.79 Å². The van der Waals surface area contributed by atoms with Crippen molar-refractivity contribution < 1.29 is 18.8 Å². The average Bonchev–Trinajstić information content (AvgIpc) is 3.24. The molecule has 0 spiro atoms. The van der Waals surface area contributed by atoms with Crippen molar-refractivity contribution in [3.05, 3.63) is 65.4 Å². The number of esters is 1. The molecular weight excluding hydrogens is 348 g/mol. The van der Waals surface area contributed by atoms with E-state index in [4.69, 9.17) is 20.7 Å². The second kappa shape index (κ2) is 6.24. The molecule has 0 fully saturated rings. The van der Waals surface area contributed by atoms with Crippen LogP contribution in [0.3, 0.4) is 0 Å². The van der Waals surface area contributed by atoms with Gasteiger partial charge in [0.1, 0.15) is 5.69 Å². The molecule has 136 valence electrons. The van der Waals surface area contributed by atoms with Crippen molar-refractivity contribution in [2.45, 2.75) is 18.4 Å². The van der Waals surface area contributed by atoms with Gasteiger partial charge in [-0.15, -0.1) is 0 Å². The summed E-state index contributed by atoms with van der Waals surface area (Å²) in [5, 5.41) is 3.81. The molecule has 1 unspecified atom stereocenters. The molecule has 0 aliphatic heterocycles. The number of nitrogens with two attached hydrogens (primary N) is 2. The van der Waals surface area contributed by atoms with Crippen LogP contribution >= 0.6 is 0 Å². The molecule has 1 aromatic carbocycles. The SMILES string of the molecule is NC(=O)C1(OC(=O)c2c(-c3ccccn3)noc2N)CCc2ccccc21. The van der Waals surface area contributed by atoms with Gasteiger partial charge >= 0.3 is 5.97 Å². The minimum atomic E-state index is -1.56. The highest BCUT2D eigenvalue weighted by Gasteiger charge is 2.48. The number of primary amides is 1. The average molecular weight is 364 g/mol. The van der Waals surface area contributed by atoms with Crippen LogP contribution in [0.25, 0.3) is 11.4 Å². The maximum absolute atomic E-state index is 13.0. The number of carbonyl (C=O) groups excluding carboxylic acids is 2. The molecule has 0 bridgehead atoms. The fraction of sp³-hybridized carbons (Fsp3) is 0.158. The summed E-state index contributed by atoms with van der Waals surface area (Å²) < 4.78 is 10.6.